The lowest BCUT2D eigenvalue weighted by molar-refractivity contribution is 0.361. The minimum atomic E-state index is 0.395. The molecule has 110 valence electrons. The highest BCUT2D eigenvalue weighted by Gasteiger charge is 2.28. The first kappa shape index (κ1) is 13.0. The van der Waals surface area contributed by atoms with Crippen LogP contribution in [0.4, 0.5) is 0 Å². The van der Waals surface area contributed by atoms with E-state index in [9.17, 15) is 0 Å². The molecule has 0 radical (unpaired) electrons. The van der Waals surface area contributed by atoms with Crippen molar-refractivity contribution < 1.29 is 0 Å². The topological polar surface area (TPSA) is 42.7 Å². The van der Waals surface area contributed by atoms with Gasteiger partial charge in [0.15, 0.2) is 0 Å². The summed E-state index contributed by atoms with van der Waals surface area (Å²) in [5, 5.41) is 8.31. The van der Waals surface area contributed by atoms with E-state index >= 15 is 0 Å². The number of aromatic nitrogens is 3. The monoisotopic (exact) mass is 282 g/mol. The molecule has 4 rings (SSSR count). The van der Waals surface area contributed by atoms with Crippen molar-refractivity contribution in [3.8, 4) is 0 Å². The van der Waals surface area contributed by atoms with Crippen LogP contribution in [0.5, 0.6) is 0 Å². The maximum Gasteiger partial charge on any atom is 0.0605 e. The first-order valence-electron chi connectivity index (χ1n) is 8.03. The van der Waals surface area contributed by atoms with E-state index in [4.69, 9.17) is 0 Å². The summed E-state index contributed by atoms with van der Waals surface area (Å²) in [6.45, 7) is 0. The van der Waals surface area contributed by atoms with Gasteiger partial charge in [-0.15, -0.1) is 0 Å². The first-order valence-corrected chi connectivity index (χ1v) is 8.03. The standard InChI is InChI=1S/C17H22N4/c1-21-16-9-3-7-14(13(16)11-19-21)20-15-8-2-5-12-6-4-10-18-17(12)15/h4,6,10-11,14-15,20H,2-3,5,7-9H2,1H3. The lowest BCUT2D eigenvalue weighted by Crippen LogP contribution is -2.32. The number of aryl methyl sites for hydroxylation is 2. The number of rotatable bonds is 2. The summed E-state index contributed by atoms with van der Waals surface area (Å²) < 4.78 is 2.04. The van der Waals surface area contributed by atoms with Crippen LogP contribution in [0.1, 0.15) is 60.3 Å². The third-order valence-corrected chi connectivity index (χ3v) is 4.97. The summed E-state index contributed by atoms with van der Waals surface area (Å²) in [7, 11) is 2.05. The van der Waals surface area contributed by atoms with Gasteiger partial charge in [-0.1, -0.05) is 6.07 Å². The maximum atomic E-state index is 4.64. The van der Waals surface area contributed by atoms with Gasteiger partial charge in [-0.3, -0.25) is 9.67 Å². The zero-order valence-corrected chi connectivity index (χ0v) is 12.5. The third-order valence-electron chi connectivity index (χ3n) is 4.97. The molecule has 0 bridgehead atoms. The molecule has 0 saturated carbocycles. The molecule has 2 atom stereocenters. The summed E-state index contributed by atoms with van der Waals surface area (Å²) in [4.78, 5) is 4.64. The van der Waals surface area contributed by atoms with Crippen molar-refractivity contribution in [3.63, 3.8) is 0 Å². The SMILES string of the molecule is Cn1ncc2c1CCCC2NC1CCCc2cccnc21. The third kappa shape index (κ3) is 2.27. The van der Waals surface area contributed by atoms with Gasteiger partial charge in [0.25, 0.3) is 0 Å². The fourth-order valence-electron chi connectivity index (χ4n) is 3.89. The second kappa shape index (κ2) is 5.26. The molecule has 0 fully saturated rings. The lowest BCUT2D eigenvalue weighted by Gasteiger charge is -2.31. The predicted octanol–water partition coefficient (Wildman–Crippen LogP) is 2.86. The molecule has 2 aliphatic carbocycles. The van der Waals surface area contributed by atoms with Crippen molar-refractivity contribution in [1.29, 1.82) is 0 Å². The second-order valence-corrected chi connectivity index (χ2v) is 6.27. The van der Waals surface area contributed by atoms with E-state index in [-0.39, 0.29) is 0 Å². The molecule has 0 spiro atoms. The van der Waals surface area contributed by atoms with Gasteiger partial charge in [0.05, 0.1) is 17.9 Å². The van der Waals surface area contributed by atoms with Crippen LogP contribution in [0.3, 0.4) is 0 Å². The number of pyridine rings is 1. The van der Waals surface area contributed by atoms with Gasteiger partial charge in [-0.2, -0.15) is 5.10 Å². The molecule has 0 amide bonds. The summed E-state index contributed by atoms with van der Waals surface area (Å²) in [6, 6.07) is 5.11. The van der Waals surface area contributed by atoms with Crippen molar-refractivity contribution in [2.75, 3.05) is 0 Å². The molecule has 0 saturated heterocycles. The normalized spacial score (nSPS) is 24.4. The number of nitrogens with zero attached hydrogens (tertiary/aromatic N) is 3. The van der Waals surface area contributed by atoms with Gasteiger partial charge in [0, 0.05) is 30.5 Å². The number of hydrogen-bond acceptors (Lipinski definition) is 3. The maximum absolute atomic E-state index is 4.64. The highest BCUT2D eigenvalue weighted by Crippen LogP contribution is 2.34. The highest BCUT2D eigenvalue weighted by atomic mass is 15.3. The molecular weight excluding hydrogens is 260 g/mol. The van der Waals surface area contributed by atoms with Crippen molar-refractivity contribution in [1.82, 2.24) is 20.1 Å². The second-order valence-electron chi connectivity index (χ2n) is 6.27. The van der Waals surface area contributed by atoms with Gasteiger partial charge >= 0.3 is 0 Å². The summed E-state index contributed by atoms with van der Waals surface area (Å²) in [5.41, 5.74) is 5.48. The van der Waals surface area contributed by atoms with E-state index in [1.807, 2.05) is 17.1 Å². The minimum absolute atomic E-state index is 0.395. The van der Waals surface area contributed by atoms with Crippen LogP contribution in [0.25, 0.3) is 0 Å². The Kier molecular flexibility index (Phi) is 3.26. The number of fused-ring (bicyclic) bond motifs is 2. The Morgan fingerprint density at radius 2 is 2.05 bits per heavy atom. The Labute approximate surface area is 125 Å². The predicted molar refractivity (Wildman–Crippen MR) is 81.9 cm³/mol. The summed E-state index contributed by atoms with van der Waals surface area (Å²) in [5.74, 6) is 0. The van der Waals surface area contributed by atoms with Gasteiger partial charge in [-0.25, -0.2) is 0 Å². The molecule has 2 aromatic heterocycles. The summed E-state index contributed by atoms with van der Waals surface area (Å²) >= 11 is 0. The zero-order chi connectivity index (χ0) is 14.2. The fourth-order valence-corrected chi connectivity index (χ4v) is 3.89. The molecule has 21 heavy (non-hydrogen) atoms. The van der Waals surface area contributed by atoms with Gasteiger partial charge < -0.3 is 5.32 Å². The van der Waals surface area contributed by atoms with Gasteiger partial charge in [-0.05, 0) is 50.2 Å². The molecule has 1 N–H and O–H groups in total. The number of nitrogens with one attached hydrogen (secondary N) is 1. The highest BCUT2D eigenvalue weighted by molar-refractivity contribution is 5.28. The Balaban J connectivity index is 1.61. The van der Waals surface area contributed by atoms with Crippen LogP contribution in [0.15, 0.2) is 24.5 Å². The smallest absolute Gasteiger partial charge is 0.0605 e. The van der Waals surface area contributed by atoms with Crippen LogP contribution >= 0.6 is 0 Å². The largest absolute Gasteiger partial charge is 0.302 e. The average Bonchev–Trinajstić information content (AvgIpc) is 2.90. The van der Waals surface area contributed by atoms with E-state index in [0.717, 1.165) is 6.42 Å². The van der Waals surface area contributed by atoms with Crippen molar-refractivity contribution >= 4 is 0 Å². The fraction of sp³-hybridized carbons (Fsp3) is 0.529. The first-order chi connectivity index (χ1) is 10.3. The van der Waals surface area contributed by atoms with E-state index in [2.05, 4.69) is 34.6 Å². The average molecular weight is 282 g/mol. The molecule has 4 heteroatoms. The van der Waals surface area contributed by atoms with E-state index in [0.29, 0.717) is 12.1 Å². The van der Waals surface area contributed by atoms with Crippen LogP contribution in [-0.4, -0.2) is 14.8 Å². The Hall–Kier alpha value is -1.68. The van der Waals surface area contributed by atoms with Crippen molar-refractivity contribution in [2.24, 2.45) is 7.05 Å². The Bertz CT molecular complexity index is 646. The molecule has 2 aliphatic rings. The number of hydrogen-bond donors (Lipinski definition) is 1. The van der Waals surface area contributed by atoms with E-state index in [1.165, 1.54) is 54.6 Å². The zero-order valence-electron chi connectivity index (χ0n) is 12.5. The van der Waals surface area contributed by atoms with Crippen LogP contribution in [0, 0.1) is 0 Å². The lowest BCUT2D eigenvalue weighted by atomic mass is 9.88. The van der Waals surface area contributed by atoms with Crippen LogP contribution in [0.2, 0.25) is 0 Å². The van der Waals surface area contributed by atoms with Crippen LogP contribution < -0.4 is 5.32 Å². The van der Waals surface area contributed by atoms with E-state index < -0.39 is 0 Å². The molecule has 2 unspecified atom stereocenters. The van der Waals surface area contributed by atoms with E-state index in [1.54, 1.807) is 0 Å². The quantitative estimate of drug-likeness (QED) is 0.921. The molecule has 0 aromatic carbocycles. The minimum Gasteiger partial charge on any atom is -0.302 e. The van der Waals surface area contributed by atoms with Crippen LogP contribution in [-0.2, 0) is 19.9 Å². The Morgan fingerprint density at radius 3 is 3.00 bits per heavy atom. The molecule has 0 aliphatic heterocycles. The Morgan fingerprint density at radius 1 is 1.19 bits per heavy atom. The summed E-state index contributed by atoms with van der Waals surface area (Å²) in [6.07, 6.45) is 11.2. The molecule has 2 heterocycles. The molecule has 4 nitrogen and oxygen atoms in total. The van der Waals surface area contributed by atoms with Gasteiger partial charge in [0.1, 0.15) is 0 Å². The molecule has 2 aromatic rings. The van der Waals surface area contributed by atoms with Gasteiger partial charge in [0.2, 0.25) is 0 Å². The van der Waals surface area contributed by atoms with Crippen molar-refractivity contribution in [2.45, 2.75) is 50.6 Å². The molecular formula is C17H22N4. The van der Waals surface area contributed by atoms with Crippen molar-refractivity contribution in [3.05, 3.63) is 47.0 Å².